The first kappa shape index (κ1) is 20.1. The van der Waals surface area contributed by atoms with Crippen LogP contribution in [-0.2, 0) is 4.74 Å². The van der Waals surface area contributed by atoms with Crippen LogP contribution in [0.1, 0.15) is 43.6 Å². The Balaban J connectivity index is 2.09. The summed E-state index contributed by atoms with van der Waals surface area (Å²) in [7, 11) is 3.51. The maximum atomic E-state index is 12.4. The predicted molar refractivity (Wildman–Crippen MR) is 104 cm³/mol. The van der Waals surface area contributed by atoms with Gasteiger partial charge in [-0.3, -0.25) is 4.79 Å². The van der Waals surface area contributed by atoms with Gasteiger partial charge >= 0.3 is 6.09 Å². The molecular formula is C20H31N3O3. The van der Waals surface area contributed by atoms with Gasteiger partial charge < -0.3 is 19.4 Å². The summed E-state index contributed by atoms with van der Waals surface area (Å²) in [5.74, 6) is 0.00256. The Hall–Kier alpha value is -2.24. The number of anilines is 1. The van der Waals surface area contributed by atoms with Crippen LogP contribution < -0.4 is 4.90 Å². The van der Waals surface area contributed by atoms with Crippen LogP contribution in [0.25, 0.3) is 0 Å². The van der Waals surface area contributed by atoms with Crippen LogP contribution in [0.2, 0.25) is 0 Å². The van der Waals surface area contributed by atoms with Gasteiger partial charge in [-0.1, -0.05) is 0 Å². The van der Waals surface area contributed by atoms with Gasteiger partial charge in [0.15, 0.2) is 0 Å². The SMILES string of the molecule is Cc1cc(C(=O)N(C)C)ccc1N1CCN(C(=O)OC(C)(C)C)[C@H](C)C1. The zero-order valence-corrected chi connectivity index (χ0v) is 17.0. The maximum Gasteiger partial charge on any atom is 0.410 e. The molecule has 0 radical (unpaired) electrons. The highest BCUT2D eigenvalue weighted by atomic mass is 16.6. The zero-order chi connectivity index (χ0) is 19.6. The fourth-order valence-electron chi connectivity index (χ4n) is 3.17. The lowest BCUT2D eigenvalue weighted by Crippen LogP contribution is -2.55. The van der Waals surface area contributed by atoms with Gasteiger partial charge in [0.1, 0.15) is 5.60 Å². The van der Waals surface area contributed by atoms with Gasteiger partial charge in [-0.05, 0) is 58.4 Å². The molecule has 0 aromatic heterocycles. The summed E-state index contributed by atoms with van der Waals surface area (Å²) < 4.78 is 5.50. The molecule has 1 aliphatic rings. The average molecular weight is 361 g/mol. The van der Waals surface area contributed by atoms with E-state index in [1.807, 2.05) is 52.8 Å². The van der Waals surface area contributed by atoms with Gasteiger partial charge in [-0.2, -0.15) is 0 Å². The number of amides is 2. The maximum absolute atomic E-state index is 12.4. The standard InChI is InChI=1S/C20H31N3O3/c1-14-12-16(18(24)21(6)7)8-9-17(14)22-10-11-23(15(2)13-22)19(25)26-20(3,4)5/h8-9,12,15H,10-11,13H2,1-7H3/t15-/m1/s1. The number of piperazine rings is 1. The molecule has 2 amide bonds. The van der Waals surface area contributed by atoms with E-state index in [2.05, 4.69) is 4.90 Å². The number of hydrogen-bond acceptors (Lipinski definition) is 4. The van der Waals surface area contributed by atoms with Gasteiger partial charge in [-0.25, -0.2) is 4.79 Å². The van der Waals surface area contributed by atoms with E-state index in [1.165, 1.54) is 0 Å². The quantitative estimate of drug-likeness (QED) is 0.812. The second-order valence-corrected chi connectivity index (χ2v) is 8.17. The molecule has 1 aromatic carbocycles. The van der Waals surface area contributed by atoms with Crippen LogP contribution in [-0.4, -0.2) is 67.2 Å². The summed E-state index contributed by atoms with van der Waals surface area (Å²) in [6, 6.07) is 5.86. The summed E-state index contributed by atoms with van der Waals surface area (Å²) in [5, 5.41) is 0. The van der Waals surface area contributed by atoms with Gasteiger partial charge in [0.2, 0.25) is 0 Å². The first-order valence-electron chi connectivity index (χ1n) is 9.06. The average Bonchev–Trinajstić information content (AvgIpc) is 2.52. The Morgan fingerprint density at radius 1 is 1.19 bits per heavy atom. The summed E-state index contributed by atoms with van der Waals surface area (Å²) in [6.07, 6.45) is -0.256. The van der Waals surface area contributed by atoms with Crippen molar-refractivity contribution in [3.63, 3.8) is 0 Å². The smallest absolute Gasteiger partial charge is 0.410 e. The minimum Gasteiger partial charge on any atom is -0.444 e. The molecule has 0 saturated carbocycles. The molecule has 0 spiro atoms. The summed E-state index contributed by atoms with van der Waals surface area (Å²) >= 11 is 0. The number of rotatable bonds is 2. The lowest BCUT2D eigenvalue weighted by molar-refractivity contribution is 0.0159. The Morgan fingerprint density at radius 3 is 2.35 bits per heavy atom. The molecule has 0 bridgehead atoms. The van der Waals surface area contributed by atoms with Crippen LogP contribution in [0.3, 0.4) is 0 Å². The molecule has 1 fully saturated rings. The molecule has 1 saturated heterocycles. The number of aryl methyl sites for hydroxylation is 1. The summed E-state index contributed by atoms with van der Waals surface area (Å²) in [4.78, 5) is 30.1. The van der Waals surface area contributed by atoms with E-state index in [-0.39, 0.29) is 18.0 Å². The van der Waals surface area contributed by atoms with Crippen molar-refractivity contribution in [1.82, 2.24) is 9.80 Å². The Kier molecular flexibility index (Phi) is 5.84. The van der Waals surface area contributed by atoms with Crippen molar-refractivity contribution in [2.45, 2.75) is 46.3 Å². The highest BCUT2D eigenvalue weighted by molar-refractivity contribution is 5.94. The third kappa shape index (κ3) is 4.68. The van der Waals surface area contributed by atoms with E-state index in [0.717, 1.165) is 24.3 Å². The highest BCUT2D eigenvalue weighted by Crippen LogP contribution is 2.25. The number of ether oxygens (including phenoxy) is 1. The number of nitrogens with zero attached hydrogens (tertiary/aromatic N) is 3. The second-order valence-electron chi connectivity index (χ2n) is 8.17. The zero-order valence-electron chi connectivity index (χ0n) is 17.0. The van der Waals surface area contributed by atoms with Crippen LogP contribution in [0.5, 0.6) is 0 Å². The van der Waals surface area contributed by atoms with Crippen molar-refractivity contribution in [2.75, 3.05) is 38.6 Å². The second kappa shape index (κ2) is 7.56. The molecular weight excluding hydrogens is 330 g/mol. The largest absolute Gasteiger partial charge is 0.444 e. The molecule has 1 heterocycles. The predicted octanol–water partition coefficient (Wildman–Crippen LogP) is 3.14. The molecule has 0 unspecified atom stereocenters. The molecule has 144 valence electrons. The molecule has 1 aliphatic heterocycles. The normalized spacial score (nSPS) is 17.9. The number of benzene rings is 1. The van der Waals surface area contributed by atoms with Crippen LogP contribution >= 0.6 is 0 Å². The molecule has 1 aromatic rings. The highest BCUT2D eigenvalue weighted by Gasteiger charge is 2.31. The first-order valence-corrected chi connectivity index (χ1v) is 9.06. The molecule has 26 heavy (non-hydrogen) atoms. The van der Waals surface area contributed by atoms with Crippen molar-refractivity contribution in [3.05, 3.63) is 29.3 Å². The van der Waals surface area contributed by atoms with E-state index in [1.54, 1.807) is 23.9 Å². The van der Waals surface area contributed by atoms with E-state index < -0.39 is 5.60 Å². The molecule has 2 rings (SSSR count). The first-order chi connectivity index (χ1) is 12.0. The minimum atomic E-state index is -0.487. The number of hydrogen-bond donors (Lipinski definition) is 0. The molecule has 6 nitrogen and oxygen atoms in total. The topological polar surface area (TPSA) is 53.1 Å². The fourth-order valence-corrected chi connectivity index (χ4v) is 3.17. The van der Waals surface area contributed by atoms with E-state index in [9.17, 15) is 9.59 Å². The van der Waals surface area contributed by atoms with Gasteiger partial charge in [0.25, 0.3) is 5.91 Å². The summed E-state index contributed by atoms with van der Waals surface area (Å²) in [6.45, 7) is 11.8. The monoisotopic (exact) mass is 361 g/mol. The van der Waals surface area contributed by atoms with Gasteiger partial charge in [0.05, 0.1) is 0 Å². The molecule has 6 heteroatoms. The van der Waals surface area contributed by atoms with Crippen molar-refractivity contribution >= 4 is 17.7 Å². The molecule has 0 N–H and O–H groups in total. The van der Waals surface area contributed by atoms with Gasteiger partial charge in [-0.15, -0.1) is 0 Å². The minimum absolute atomic E-state index is 0.00256. The Bertz CT molecular complexity index is 679. The third-order valence-electron chi connectivity index (χ3n) is 4.45. The van der Waals surface area contributed by atoms with Crippen molar-refractivity contribution in [1.29, 1.82) is 0 Å². The number of carbonyl (C=O) groups excluding carboxylic acids is 2. The van der Waals surface area contributed by atoms with Crippen molar-refractivity contribution in [3.8, 4) is 0 Å². The molecule has 0 aliphatic carbocycles. The van der Waals surface area contributed by atoms with E-state index >= 15 is 0 Å². The van der Waals surface area contributed by atoms with Crippen molar-refractivity contribution < 1.29 is 14.3 Å². The lowest BCUT2D eigenvalue weighted by Gasteiger charge is -2.41. The Morgan fingerprint density at radius 2 is 1.85 bits per heavy atom. The van der Waals surface area contributed by atoms with Crippen LogP contribution in [0.15, 0.2) is 18.2 Å². The van der Waals surface area contributed by atoms with Crippen LogP contribution in [0.4, 0.5) is 10.5 Å². The Labute approximate surface area is 156 Å². The van der Waals surface area contributed by atoms with Crippen molar-refractivity contribution in [2.24, 2.45) is 0 Å². The lowest BCUT2D eigenvalue weighted by atomic mass is 10.1. The third-order valence-corrected chi connectivity index (χ3v) is 4.45. The molecule has 1 atom stereocenters. The fraction of sp³-hybridized carbons (Fsp3) is 0.600. The van der Waals surface area contributed by atoms with E-state index in [4.69, 9.17) is 4.74 Å². The number of carbonyl (C=O) groups is 2. The van der Waals surface area contributed by atoms with Crippen LogP contribution in [0, 0.1) is 6.92 Å². The summed E-state index contributed by atoms with van der Waals surface area (Å²) in [5.41, 5.74) is 2.38. The van der Waals surface area contributed by atoms with E-state index in [0.29, 0.717) is 12.1 Å². The van der Waals surface area contributed by atoms with Gasteiger partial charge in [0, 0.05) is 51.0 Å².